The molecule has 0 radical (unpaired) electrons. The molecular weight excluding hydrogens is 372 g/mol. The van der Waals surface area contributed by atoms with Crippen molar-refractivity contribution < 1.29 is 19.2 Å². The normalized spacial score (nSPS) is 15.7. The summed E-state index contributed by atoms with van der Waals surface area (Å²) in [5, 5.41) is 11.2. The van der Waals surface area contributed by atoms with Crippen molar-refractivity contribution in [3.63, 3.8) is 0 Å². The molecule has 0 bridgehead atoms. The van der Waals surface area contributed by atoms with Crippen LogP contribution >= 0.6 is 0 Å². The van der Waals surface area contributed by atoms with Crippen molar-refractivity contribution in [3.05, 3.63) is 80.9 Å². The molecule has 29 heavy (non-hydrogen) atoms. The van der Waals surface area contributed by atoms with Crippen molar-refractivity contribution in [1.29, 1.82) is 0 Å². The number of nitro groups is 1. The Labute approximate surface area is 168 Å². The number of hydrogen-bond acceptors (Lipinski definition) is 5. The minimum atomic E-state index is -0.759. The fourth-order valence-electron chi connectivity index (χ4n) is 3.68. The third-order valence-electron chi connectivity index (χ3n) is 5.09. The number of nitrogens with zero attached hydrogens (tertiary/aromatic N) is 2. The van der Waals surface area contributed by atoms with Crippen molar-refractivity contribution in [3.8, 4) is 0 Å². The van der Waals surface area contributed by atoms with Crippen LogP contribution in [0.25, 0.3) is 5.57 Å². The van der Waals surface area contributed by atoms with Crippen LogP contribution in [-0.4, -0.2) is 30.6 Å². The summed E-state index contributed by atoms with van der Waals surface area (Å²) in [6, 6.07) is 14.6. The Morgan fingerprint density at radius 2 is 1.83 bits per heavy atom. The number of carbonyl (C=O) groups is 2. The topological polar surface area (TPSA) is 89.8 Å². The number of aryl methyl sites for hydroxylation is 1. The highest BCUT2D eigenvalue weighted by Crippen LogP contribution is 2.40. The zero-order valence-corrected chi connectivity index (χ0v) is 16.5. The van der Waals surface area contributed by atoms with Gasteiger partial charge in [-0.3, -0.25) is 14.9 Å². The number of methoxy groups -OCH3 is 1. The quantitative estimate of drug-likeness (QED) is 0.428. The third-order valence-corrected chi connectivity index (χ3v) is 5.09. The van der Waals surface area contributed by atoms with Gasteiger partial charge in [-0.25, -0.2) is 9.69 Å². The maximum atomic E-state index is 13.0. The summed E-state index contributed by atoms with van der Waals surface area (Å²) in [5.74, 6) is -0.857. The van der Waals surface area contributed by atoms with Crippen LogP contribution in [-0.2, 0) is 9.53 Å². The van der Waals surface area contributed by atoms with Crippen LogP contribution in [0.3, 0.4) is 0 Å². The molecule has 2 amide bonds. The second kappa shape index (κ2) is 8.26. The predicted molar refractivity (Wildman–Crippen MR) is 109 cm³/mol. The highest BCUT2D eigenvalue weighted by Gasteiger charge is 2.38. The number of amides is 2. The van der Waals surface area contributed by atoms with Crippen molar-refractivity contribution in [2.45, 2.75) is 26.2 Å². The zero-order chi connectivity index (χ0) is 21.1. The predicted octanol–water partition coefficient (Wildman–Crippen LogP) is 4.33. The van der Waals surface area contributed by atoms with Gasteiger partial charge in [0.05, 0.1) is 18.7 Å². The van der Waals surface area contributed by atoms with Crippen LogP contribution in [0.1, 0.15) is 36.0 Å². The van der Waals surface area contributed by atoms with Gasteiger partial charge in [0.25, 0.3) is 5.91 Å². The summed E-state index contributed by atoms with van der Waals surface area (Å²) in [6.45, 7) is 3.49. The Kier molecular flexibility index (Phi) is 5.77. The van der Waals surface area contributed by atoms with E-state index in [1.807, 2.05) is 31.2 Å². The Bertz CT molecular complexity index is 995. The maximum absolute atomic E-state index is 13.0. The summed E-state index contributed by atoms with van der Waals surface area (Å²) >= 11 is 0. The lowest BCUT2D eigenvalue weighted by molar-refractivity contribution is -0.483. The third kappa shape index (κ3) is 4.03. The van der Waals surface area contributed by atoms with Crippen molar-refractivity contribution in [2.75, 3.05) is 18.6 Å². The first-order chi connectivity index (χ1) is 13.8. The van der Waals surface area contributed by atoms with E-state index in [9.17, 15) is 19.7 Å². The van der Waals surface area contributed by atoms with Gasteiger partial charge in [0.15, 0.2) is 0 Å². The molecule has 0 spiro atoms. The number of ether oxygens (including phenoxy) is 1. The lowest BCUT2D eigenvalue weighted by Crippen LogP contribution is -2.33. The molecule has 0 aliphatic carbocycles. The molecule has 0 saturated carbocycles. The van der Waals surface area contributed by atoms with Gasteiger partial charge in [-0.2, -0.15) is 0 Å². The highest BCUT2D eigenvalue weighted by atomic mass is 16.6. The van der Waals surface area contributed by atoms with Crippen LogP contribution in [0.5, 0.6) is 0 Å². The Morgan fingerprint density at radius 1 is 1.17 bits per heavy atom. The first-order valence-corrected chi connectivity index (χ1v) is 9.23. The van der Waals surface area contributed by atoms with Gasteiger partial charge in [-0.1, -0.05) is 53.6 Å². The van der Waals surface area contributed by atoms with Crippen LogP contribution in [0.15, 0.2) is 54.1 Å². The molecule has 1 atom stereocenters. The lowest BCUT2D eigenvalue weighted by Gasteiger charge is -2.16. The molecule has 2 aromatic carbocycles. The van der Waals surface area contributed by atoms with Crippen molar-refractivity contribution in [1.82, 2.24) is 0 Å². The molecule has 0 N–H and O–H groups in total. The van der Waals surface area contributed by atoms with E-state index in [2.05, 4.69) is 0 Å². The molecule has 150 valence electrons. The number of carbonyl (C=O) groups excluding carboxylic acids is 2. The second-order valence-electron chi connectivity index (χ2n) is 7.11. The van der Waals surface area contributed by atoms with Gasteiger partial charge in [0, 0.05) is 16.1 Å². The molecule has 3 rings (SSSR count). The molecule has 0 unspecified atom stereocenters. The lowest BCUT2D eigenvalue weighted by atomic mass is 9.89. The zero-order valence-electron chi connectivity index (χ0n) is 16.5. The second-order valence-corrected chi connectivity index (χ2v) is 7.11. The average Bonchev–Trinajstić information content (AvgIpc) is 2.99. The fraction of sp³-hybridized carbons (Fsp3) is 0.273. The minimum absolute atomic E-state index is 0.246. The molecule has 0 fully saturated rings. The monoisotopic (exact) mass is 394 g/mol. The van der Waals surface area contributed by atoms with E-state index >= 15 is 0 Å². The molecular formula is C22H22N2O5. The SMILES string of the molecule is COC(=O)N1C(=O)/C(=C(/C)C[C@@H](C[N+](=O)[O-])c2ccc(C)cc2)c2ccccc21. The Hall–Kier alpha value is -3.48. The Balaban J connectivity index is 2.02. The molecule has 0 saturated heterocycles. The molecule has 7 heteroatoms. The van der Waals surface area contributed by atoms with E-state index in [0.717, 1.165) is 16.0 Å². The molecule has 1 aliphatic heterocycles. The van der Waals surface area contributed by atoms with E-state index in [1.54, 1.807) is 31.2 Å². The number of para-hydroxylation sites is 1. The highest BCUT2D eigenvalue weighted by molar-refractivity contribution is 6.39. The van der Waals surface area contributed by atoms with Gasteiger partial charge < -0.3 is 4.74 Å². The smallest absolute Gasteiger partial charge is 0.421 e. The Morgan fingerprint density at radius 3 is 2.45 bits per heavy atom. The number of hydrogen-bond donors (Lipinski definition) is 0. The minimum Gasteiger partial charge on any atom is -0.452 e. The summed E-state index contributed by atoms with van der Waals surface area (Å²) in [6.07, 6.45) is -0.431. The summed E-state index contributed by atoms with van der Waals surface area (Å²) < 4.78 is 4.76. The number of fused-ring (bicyclic) bond motifs is 1. The molecule has 1 aliphatic rings. The van der Waals surface area contributed by atoms with E-state index in [0.29, 0.717) is 28.8 Å². The molecule has 2 aromatic rings. The number of benzene rings is 2. The number of anilines is 1. The van der Waals surface area contributed by atoms with E-state index < -0.39 is 12.0 Å². The molecule has 1 heterocycles. The van der Waals surface area contributed by atoms with E-state index in [-0.39, 0.29) is 17.4 Å². The summed E-state index contributed by atoms with van der Waals surface area (Å²) in [5.41, 5.74) is 4.09. The van der Waals surface area contributed by atoms with Gasteiger partial charge in [-0.05, 0) is 31.9 Å². The summed E-state index contributed by atoms with van der Waals surface area (Å²) in [4.78, 5) is 37.1. The molecule has 0 aromatic heterocycles. The van der Waals surface area contributed by atoms with Crippen molar-refractivity contribution >= 4 is 23.3 Å². The van der Waals surface area contributed by atoms with Crippen LogP contribution < -0.4 is 4.90 Å². The molecule has 7 nitrogen and oxygen atoms in total. The van der Waals surface area contributed by atoms with Gasteiger partial charge in [0.1, 0.15) is 0 Å². The number of rotatable bonds is 5. The van der Waals surface area contributed by atoms with Gasteiger partial charge in [0.2, 0.25) is 6.54 Å². The van der Waals surface area contributed by atoms with Crippen LogP contribution in [0, 0.1) is 17.0 Å². The van der Waals surface area contributed by atoms with Crippen molar-refractivity contribution in [2.24, 2.45) is 0 Å². The number of allylic oxidation sites excluding steroid dienone is 1. The first kappa shape index (κ1) is 20.3. The number of imide groups is 1. The van der Waals surface area contributed by atoms with Gasteiger partial charge >= 0.3 is 6.09 Å². The van der Waals surface area contributed by atoms with Crippen LogP contribution in [0.4, 0.5) is 10.5 Å². The van der Waals surface area contributed by atoms with Crippen LogP contribution in [0.2, 0.25) is 0 Å². The largest absolute Gasteiger partial charge is 0.452 e. The first-order valence-electron chi connectivity index (χ1n) is 9.23. The van der Waals surface area contributed by atoms with E-state index in [4.69, 9.17) is 4.74 Å². The standard InChI is InChI=1S/C22H22N2O5/c1-14-8-10-16(11-9-14)17(13-23(27)28)12-15(2)20-18-6-4-5-7-19(18)24(21(20)25)22(26)29-3/h4-11,17H,12-13H2,1-3H3/b20-15-/t17-/m0/s1. The van der Waals surface area contributed by atoms with Gasteiger partial charge in [-0.15, -0.1) is 0 Å². The maximum Gasteiger partial charge on any atom is 0.421 e. The fourth-order valence-corrected chi connectivity index (χ4v) is 3.68. The van der Waals surface area contributed by atoms with E-state index in [1.165, 1.54) is 7.11 Å². The average molecular weight is 394 g/mol. The summed E-state index contributed by atoms with van der Waals surface area (Å²) in [7, 11) is 1.22.